The molecular weight excluding hydrogens is 302 g/mol. The van der Waals surface area contributed by atoms with Crippen LogP contribution in [0.25, 0.3) is 0 Å². The van der Waals surface area contributed by atoms with E-state index in [0.29, 0.717) is 17.1 Å². The molecule has 0 fully saturated rings. The maximum Gasteiger partial charge on any atom is 0.323 e. The summed E-state index contributed by atoms with van der Waals surface area (Å²) in [5.41, 5.74) is 0.603. The second-order valence-corrected chi connectivity index (χ2v) is 7.19. The zero-order valence-electron chi connectivity index (χ0n) is 11.3. The van der Waals surface area contributed by atoms with Crippen molar-refractivity contribution in [3.63, 3.8) is 0 Å². The number of aliphatic carboxylic acids is 1. The lowest BCUT2D eigenvalue weighted by Crippen LogP contribution is -2.34. The number of carboxylic acids is 1. The average molecular weight is 320 g/mol. The molecule has 20 heavy (non-hydrogen) atoms. The van der Waals surface area contributed by atoms with Crippen molar-refractivity contribution in [3.05, 3.63) is 29.3 Å². The van der Waals surface area contributed by atoms with E-state index in [0.717, 1.165) is 0 Å². The van der Waals surface area contributed by atoms with Crippen LogP contribution in [0.2, 0.25) is 5.02 Å². The fourth-order valence-electron chi connectivity index (χ4n) is 1.80. The number of carbonyl (C=O) groups is 1. The highest BCUT2D eigenvalue weighted by molar-refractivity contribution is 7.91. The summed E-state index contributed by atoms with van der Waals surface area (Å²) in [6.07, 6.45) is 0.554. The number of anilines is 1. The van der Waals surface area contributed by atoms with Crippen molar-refractivity contribution in [2.45, 2.75) is 13.3 Å². The zero-order valence-corrected chi connectivity index (χ0v) is 12.8. The van der Waals surface area contributed by atoms with E-state index < -0.39 is 15.8 Å². The van der Waals surface area contributed by atoms with Gasteiger partial charge in [-0.1, -0.05) is 24.6 Å². The Bertz CT molecular complexity index is 559. The summed E-state index contributed by atoms with van der Waals surface area (Å²) >= 11 is 5.87. The van der Waals surface area contributed by atoms with Crippen LogP contribution in [0, 0.1) is 0 Å². The normalized spacial score (nSPS) is 11.3. The van der Waals surface area contributed by atoms with Crippen molar-refractivity contribution < 1.29 is 18.3 Å². The summed E-state index contributed by atoms with van der Waals surface area (Å²) in [5, 5.41) is 9.40. The molecule has 0 spiro atoms. The third kappa shape index (κ3) is 5.79. The predicted molar refractivity (Wildman–Crippen MR) is 80.2 cm³/mol. The third-order valence-corrected chi connectivity index (χ3v) is 4.76. The van der Waals surface area contributed by atoms with E-state index in [9.17, 15) is 13.2 Å². The highest BCUT2D eigenvalue weighted by Crippen LogP contribution is 2.19. The molecule has 5 nitrogen and oxygen atoms in total. The quantitative estimate of drug-likeness (QED) is 0.793. The average Bonchev–Trinajstić information content (AvgIpc) is 2.34. The van der Waals surface area contributed by atoms with Crippen LogP contribution < -0.4 is 4.90 Å². The minimum absolute atomic E-state index is 0.0688. The first-order valence-corrected chi connectivity index (χ1v) is 8.46. The first-order valence-electron chi connectivity index (χ1n) is 6.27. The van der Waals surface area contributed by atoms with E-state index in [4.69, 9.17) is 16.7 Å². The van der Waals surface area contributed by atoms with Crippen molar-refractivity contribution in [1.82, 2.24) is 0 Å². The van der Waals surface area contributed by atoms with Gasteiger partial charge in [0, 0.05) is 23.0 Å². The number of sulfone groups is 1. The van der Waals surface area contributed by atoms with Crippen molar-refractivity contribution >= 4 is 33.1 Å². The zero-order chi connectivity index (χ0) is 15.2. The van der Waals surface area contributed by atoms with Crippen LogP contribution in [0.4, 0.5) is 5.69 Å². The molecular formula is C13H18ClNO4S. The Hall–Kier alpha value is -1.27. The van der Waals surface area contributed by atoms with Gasteiger partial charge in [0.05, 0.1) is 5.75 Å². The molecule has 0 aliphatic heterocycles. The largest absolute Gasteiger partial charge is 0.480 e. The van der Waals surface area contributed by atoms with Crippen LogP contribution in [-0.4, -0.2) is 44.1 Å². The van der Waals surface area contributed by atoms with Gasteiger partial charge in [0.15, 0.2) is 9.84 Å². The molecule has 1 aromatic carbocycles. The molecule has 0 bridgehead atoms. The van der Waals surface area contributed by atoms with Crippen LogP contribution in [0.15, 0.2) is 24.3 Å². The number of nitrogens with zero attached hydrogens (tertiary/aromatic N) is 1. The van der Waals surface area contributed by atoms with E-state index in [1.807, 2.05) is 0 Å². The molecule has 1 N–H and O–H groups in total. The van der Waals surface area contributed by atoms with Gasteiger partial charge in [-0.05, 0) is 24.6 Å². The van der Waals surface area contributed by atoms with Crippen LogP contribution in [0.3, 0.4) is 0 Å². The summed E-state index contributed by atoms with van der Waals surface area (Å²) in [7, 11) is -3.15. The summed E-state index contributed by atoms with van der Waals surface area (Å²) < 4.78 is 23.4. The van der Waals surface area contributed by atoms with Gasteiger partial charge in [-0.15, -0.1) is 0 Å². The lowest BCUT2D eigenvalue weighted by molar-refractivity contribution is -0.135. The topological polar surface area (TPSA) is 74.7 Å². The second-order valence-electron chi connectivity index (χ2n) is 4.45. The number of rotatable bonds is 8. The maximum atomic E-state index is 11.7. The van der Waals surface area contributed by atoms with Gasteiger partial charge in [-0.25, -0.2) is 8.42 Å². The molecule has 0 aromatic heterocycles. The summed E-state index contributed by atoms with van der Waals surface area (Å²) in [5.74, 6) is -0.970. The Morgan fingerprint density at radius 3 is 2.60 bits per heavy atom. The predicted octanol–water partition coefficient (Wildman–Crippen LogP) is 2.06. The fourth-order valence-corrected chi connectivity index (χ4v) is 3.31. The second kappa shape index (κ2) is 7.50. The Morgan fingerprint density at radius 2 is 2.05 bits per heavy atom. The molecule has 0 saturated heterocycles. The van der Waals surface area contributed by atoms with Crippen LogP contribution in [-0.2, 0) is 14.6 Å². The first kappa shape index (κ1) is 16.8. The molecule has 1 aromatic rings. The van der Waals surface area contributed by atoms with Crippen molar-refractivity contribution in [2.24, 2.45) is 0 Å². The summed E-state index contributed by atoms with van der Waals surface area (Å²) in [6.45, 7) is 1.67. The molecule has 0 unspecified atom stereocenters. The number of halogens is 1. The highest BCUT2D eigenvalue weighted by atomic mass is 35.5. The van der Waals surface area contributed by atoms with Crippen molar-refractivity contribution in [2.75, 3.05) is 29.5 Å². The minimum Gasteiger partial charge on any atom is -0.480 e. The summed E-state index contributed by atoms with van der Waals surface area (Å²) in [4.78, 5) is 12.4. The Balaban J connectivity index is 2.83. The van der Waals surface area contributed by atoms with E-state index in [2.05, 4.69) is 0 Å². The van der Waals surface area contributed by atoms with Crippen LogP contribution >= 0.6 is 11.6 Å². The molecule has 7 heteroatoms. The molecule has 0 amide bonds. The van der Waals surface area contributed by atoms with Gasteiger partial charge in [0.25, 0.3) is 0 Å². The smallest absolute Gasteiger partial charge is 0.323 e. The van der Waals surface area contributed by atoms with Gasteiger partial charge in [0.1, 0.15) is 6.54 Å². The maximum absolute atomic E-state index is 11.7. The first-order chi connectivity index (χ1) is 9.34. The molecule has 0 aliphatic rings. The molecule has 0 saturated carbocycles. The van der Waals surface area contributed by atoms with Gasteiger partial charge in [0.2, 0.25) is 0 Å². The minimum atomic E-state index is -3.15. The Kier molecular flexibility index (Phi) is 6.29. The fraction of sp³-hybridized carbons (Fsp3) is 0.462. The number of hydrogen-bond acceptors (Lipinski definition) is 4. The van der Waals surface area contributed by atoms with E-state index >= 15 is 0 Å². The molecule has 0 atom stereocenters. The molecule has 1 rings (SSSR count). The molecule has 0 radical (unpaired) electrons. The monoisotopic (exact) mass is 319 g/mol. The third-order valence-electron chi connectivity index (χ3n) is 2.69. The van der Waals surface area contributed by atoms with Gasteiger partial charge in [-0.2, -0.15) is 0 Å². The Labute approximate surface area is 124 Å². The summed E-state index contributed by atoms with van der Waals surface area (Å²) in [6, 6.07) is 6.71. The standard InChI is InChI=1S/C13H18ClNO4S/c1-2-7-20(18,19)8-6-15(10-13(16)17)12-5-3-4-11(14)9-12/h3-5,9H,2,6-8,10H2,1H3,(H,16,17). The van der Waals surface area contributed by atoms with Crippen molar-refractivity contribution in [3.8, 4) is 0 Å². The van der Waals surface area contributed by atoms with E-state index in [1.54, 1.807) is 31.2 Å². The van der Waals surface area contributed by atoms with Gasteiger partial charge >= 0.3 is 5.97 Å². The van der Waals surface area contributed by atoms with Gasteiger partial charge in [-0.3, -0.25) is 4.79 Å². The number of hydrogen-bond donors (Lipinski definition) is 1. The van der Waals surface area contributed by atoms with Crippen LogP contribution in [0.5, 0.6) is 0 Å². The highest BCUT2D eigenvalue weighted by Gasteiger charge is 2.16. The lowest BCUT2D eigenvalue weighted by atomic mass is 10.3. The van der Waals surface area contributed by atoms with Crippen molar-refractivity contribution in [1.29, 1.82) is 0 Å². The van der Waals surface area contributed by atoms with E-state index in [-0.39, 0.29) is 24.6 Å². The lowest BCUT2D eigenvalue weighted by Gasteiger charge is -2.23. The molecule has 112 valence electrons. The SMILES string of the molecule is CCCS(=O)(=O)CCN(CC(=O)O)c1cccc(Cl)c1. The molecule has 0 heterocycles. The van der Waals surface area contributed by atoms with Crippen LogP contribution in [0.1, 0.15) is 13.3 Å². The number of benzene rings is 1. The Morgan fingerprint density at radius 1 is 1.35 bits per heavy atom. The van der Waals surface area contributed by atoms with E-state index in [1.165, 1.54) is 4.90 Å². The van der Waals surface area contributed by atoms with Gasteiger partial charge < -0.3 is 10.0 Å². The molecule has 0 aliphatic carbocycles. The number of carboxylic acid groups (broad SMARTS) is 1.